The number of carbonyl (C=O) groups is 1. The molecule has 0 aliphatic carbocycles. The number of benzene rings is 1. The van der Waals surface area contributed by atoms with Crippen LogP contribution in [0.25, 0.3) is 10.9 Å². The second-order valence-corrected chi connectivity index (χ2v) is 5.50. The number of hydrogen-bond acceptors (Lipinski definition) is 3. The third-order valence-corrected chi connectivity index (χ3v) is 3.89. The number of nitrogens with one attached hydrogen (secondary N) is 1. The van der Waals surface area contributed by atoms with Crippen LogP contribution in [0.5, 0.6) is 0 Å². The molecule has 1 aromatic heterocycles. The quantitative estimate of drug-likeness (QED) is 0.867. The highest BCUT2D eigenvalue weighted by Gasteiger charge is 2.28. The van der Waals surface area contributed by atoms with Gasteiger partial charge in [-0.25, -0.2) is 0 Å². The summed E-state index contributed by atoms with van der Waals surface area (Å²) in [6.07, 6.45) is 1.74. The van der Waals surface area contributed by atoms with Crippen LogP contribution in [0.4, 0.5) is 0 Å². The summed E-state index contributed by atoms with van der Waals surface area (Å²) in [4.78, 5) is 19.2. The molecule has 1 N–H and O–H groups in total. The lowest BCUT2D eigenvalue weighted by Gasteiger charge is -2.37. The summed E-state index contributed by atoms with van der Waals surface area (Å²) < 4.78 is 0. The number of fused-ring (bicyclic) bond motifs is 1. The number of hydrogen-bond donors (Lipinski definition) is 1. The van der Waals surface area contributed by atoms with Gasteiger partial charge in [0.1, 0.15) is 0 Å². The molecule has 1 aliphatic heterocycles. The van der Waals surface area contributed by atoms with Crippen molar-refractivity contribution in [2.75, 3.05) is 13.1 Å². The molecule has 0 bridgehead atoms. The highest BCUT2D eigenvalue weighted by molar-refractivity contribution is 6.05. The molecule has 2 atom stereocenters. The molecular weight excluding hydrogens is 321 g/mol. The molecular formula is C16H21Cl2N3O. The third kappa shape index (κ3) is 3.51. The molecule has 1 aliphatic rings. The van der Waals surface area contributed by atoms with E-state index in [-0.39, 0.29) is 36.8 Å². The summed E-state index contributed by atoms with van der Waals surface area (Å²) in [6, 6.07) is 10.2. The SMILES string of the molecule is CC1CN(C(=O)c2cccc3cccnc23)C(C)CN1.Cl.Cl. The van der Waals surface area contributed by atoms with E-state index in [0.29, 0.717) is 11.6 Å². The normalized spacial score (nSPS) is 20.9. The molecule has 0 saturated carbocycles. The number of amides is 1. The largest absolute Gasteiger partial charge is 0.333 e. The van der Waals surface area contributed by atoms with E-state index < -0.39 is 0 Å². The lowest BCUT2D eigenvalue weighted by Crippen LogP contribution is -2.56. The van der Waals surface area contributed by atoms with Crippen LogP contribution >= 0.6 is 24.8 Å². The first-order valence-electron chi connectivity index (χ1n) is 7.05. The Kier molecular flexibility index (Phi) is 6.60. The summed E-state index contributed by atoms with van der Waals surface area (Å²) in [7, 11) is 0. The van der Waals surface area contributed by atoms with Crippen LogP contribution in [-0.4, -0.2) is 41.0 Å². The van der Waals surface area contributed by atoms with E-state index in [1.54, 1.807) is 6.20 Å². The van der Waals surface area contributed by atoms with Crippen molar-refractivity contribution >= 4 is 41.6 Å². The standard InChI is InChI=1S/C16H19N3O.2ClH/c1-11-10-19(12(2)9-18-11)16(20)14-7-3-5-13-6-4-8-17-15(13)14;;/h3-8,11-12,18H,9-10H2,1-2H3;2*1H. The van der Waals surface area contributed by atoms with E-state index >= 15 is 0 Å². The lowest BCUT2D eigenvalue weighted by molar-refractivity contribution is 0.0618. The lowest BCUT2D eigenvalue weighted by atomic mass is 10.1. The van der Waals surface area contributed by atoms with E-state index in [9.17, 15) is 4.79 Å². The van der Waals surface area contributed by atoms with Gasteiger partial charge in [0.2, 0.25) is 0 Å². The molecule has 3 rings (SSSR count). The average Bonchev–Trinajstić information content (AvgIpc) is 2.48. The van der Waals surface area contributed by atoms with Crippen LogP contribution in [0.2, 0.25) is 0 Å². The van der Waals surface area contributed by atoms with E-state index in [2.05, 4.69) is 24.1 Å². The van der Waals surface area contributed by atoms with Gasteiger partial charge in [0.05, 0.1) is 11.1 Å². The van der Waals surface area contributed by atoms with Crippen LogP contribution in [0, 0.1) is 0 Å². The maximum atomic E-state index is 12.8. The predicted molar refractivity (Wildman–Crippen MR) is 94.2 cm³/mol. The Hall–Kier alpha value is -1.36. The minimum atomic E-state index is 0. The zero-order valence-electron chi connectivity index (χ0n) is 12.7. The van der Waals surface area contributed by atoms with Crippen LogP contribution in [-0.2, 0) is 0 Å². The van der Waals surface area contributed by atoms with Gasteiger partial charge in [0.25, 0.3) is 5.91 Å². The molecule has 0 radical (unpaired) electrons. The molecule has 1 amide bonds. The van der Waals surface area contributed by atoms with E-state index in [1.807, 2.05) is 35.2 Å². The maximum absolute atomic E-state index is 12.8. The number of pyridine rings is 1. The van der Waals surface area contributed by atoms with Crippen molar-refractivity contribution in [1.29, 1.82) is 0 Å². The number of rotatable bonds is 1. The molecule has 120 valence electrons. The van der Waals surface area contributed by atoms with Gasteiger partial charge in [0, 0.05) is 36.8 Å². The van der Waals surface area contributed by atoms with Crippen molar-refractivity contribution in [1.82, 2.24) is 15.2 Å². The second kappa shape index (κ2) is 7.77. The molecule has 4 nitrogen and oxygen atoms in total. The summed E-state index contributed by atoms with van der Waals surface area (Å²) in [6.45, 7) is 5.76. The average molecular weight is 342 g/mol. The monoisotopic (exact) mass is 341 g/mol. The minimum absolute atomic E-state index is 0. The van der Waals surface area contributed by atoms with Crippen molar-refractivity contribution in [2.24, 2.45) is 0 Å². The maximum Gasteiger partial charge on any atom is 0.256 e. The number of carbonyl (C=O) groups excluding carboxylic acids is 1. The van der Waals surface area contributed by atoms with Gasteiger partial charge in [0.15, 0.2) is 0 Å². The summed E-state index contributed by atoms with van der Waals surface area (Å²) in [5, 5.41) is 4.40. The van der Waals surface area contributed by atoms with Crippen molar-refractivity contribution < 1.29 is 4.79 Å². The van der Waals surface area contributed by atoms with Gasteiger partial charge in [-0.1, -0.05) is 18.2 Å². The fraction of sp³-hybridized carbons (Fsp3) is 0.375. The van der Waals surface area contributed by atoms with Gasteiger partial charge in [-0.3, -0.25) is 9.78 Å². The molecule has 1 aromatic carbocycles. The van der Waals surface area contributed by atoms with Gasteiger partial charge in [-0.15, -0.1) is 24.8 Å². The topological polar surface area (TPSA) is 45.2 Å². The smallest absolute Gasteiger partial charge is 0.256 e. The molecule has 22 heavy (non-hydrogen) atoms. The fourth-order valence-electron chi connectivity index (χ4n) is 2.74. The van der Waals surface area contributed by atoms with Crippen molar-refractivity contribution in [3.8, 4) is 0 Å². The molecule has 6 heteroatoms. The molecule has 2 aromatic rings. The zero-order chi connectivity index (χ0) is 14.1. The highest BCUT2D eigenvalue weighted by atomic mass is 35.5. The third-order valence-electron chi connectivity index (χ3n) is 3.89. The Morgan fingerprint density at radius 1 is 1.23 bits per heavy atom. The van der Waals surface area contributed by atoms with Crippen LogP contribution in [0.15, 0.2) is 36.5 Å². The van der Waals surface area contributed by atoms with Gasteiger partial charge in [-0.05, 0) is 26.0 Å². The molecule has 1 fully saturated rings. The second-order valence-electron chi connectivity index (χ2n) is 5.50. The Bertz CT molecular complexity index is 645. The first-order valence-corrected chi connectivity index (χ1v) is 7.05. The van der Waals surface area contributed by atoms with Crippen LogP contribution < -0.4 is 5.32 Å². The highest BCUT2D eigenvalue weighted by Crippen LogP contribution is 2.19. The van der Waals surface area contributed by atoms with Crippen LogP contribution in [0.3, 0.4) is 0 Å². The van der Waals surface area contributed by atoms with Crippen molar-refractivity contribution in [3.05, 3.63) is 42.1 Å². The van der Waals surface area contributed by atoms with E-state index in [1.165, 1.54) is 0 Å². The van der Waals surface area contributed by atoms with Crippen molar-refractivity contribution in [3.63, 3.8) is 0 Å². The number of aromatic nitrogens is 1. The predicted octanol–water partition coefficient (Wildman–Crippen LogP) is 2.90. The first-order chi connectivity index (χ1) is 9.66. The Labute approximate surface area is 143 Å². The van der Waals surface area contributed by atoms with Gasteiger partial charge in [-0.2, -0.15) is 0 Å². The summed E-state index contributed by atoms with van der Waals surface area (Å²) >= 11 is 0. The number of para-hydroxylation sites is 1. The van der Waals surface area contributed by atoms with Gasteiger partial charge < -0.3 is 10.2 Å². The van der Waals surface area contributed by atoms with Gasteiger partial charge >= 0.3 is 0 Å². The first kappa shape index (κ1) is 18.7. The summed E-state index contributed by atoms with van der Waals surface area (Å²) in [5.74, 6) is 0.0788. The van der Waals surface area contributed by atoms with Crippen LogP contribution in [0.1, 0.15) is 24.2 Å². The molecule has 1 saturated heterocycles. The van der Waals surface area contributed by atoms with E-state index in [4.69, 9.17) is 0 Å². The number of piperazine rings is 1. The molecule has 0 spiro atoms. The Balaban J connectivity index is 0.00000121. The number of nitrogens with zero attached hydrogens (tertiary/aromatic N) is 2. The molecule has 2 unspecified atom stereocenters. The zero-order valence-corrected chi connectivity index (χ0v) is 14.3. The fourth-order valence-corrected chi connectivity index (χ4v) is 2.74. The number of halogens is 2. The van der Waals surface area contributed by atoms with E-state index in [0.717, 1.165) is 24.0 Å². The minimum Gasteiger partial charge on any atom is -0.333 e. The Morgan fingerprint density at radius 2 is 1.95 bits per heavy atom. The molecule has 2 heterocycles. The van der Waals surface area contributed by atoms with Crippen molar-refractivity contribution in [2.45, 2.75) is 25.9 Å². The summed E-state index contributed by atoms with van der Waals surface area (Å²) in [5.41, 5.74) is 1.49. The Morgan fingerprint density at radius 3 is 2.73 bits per heavy atom.